The second-order valence-corrected chi connectivity index (χ2v) is 6.04. The summed E-state index contributed by atoms with van der Waals surface area (Å²) < 4.78 is 2.12. The molecule has 0 fully saturated rings. The fourth-order valence-electron chi connectivity index (χ4n) is 1.77. The molecule has 0 unspecified atom stereocenters. The highest BCUT2D eigenvalue weighted by Crippen LogP contribution is 2.28. The van der Waals surface area contributed by atoms with Crippen molar-refractivity contribution >= 4 is 27.6 Å². The topological polar surface area (TPSA) is 30.2 Å². The van der Waals surface area contributed by atoms with Gasteiger partial charge in [0.1, 0.15) is 11.4 Å². The first-order valence-corrected chi connectivity index (χ1v) is 6.72. The minimum atomic E-state index is 0.983. The van der Waals surface area contributed by atoms with Crippen molar-refractivity contribution in [3.63, 3.8) is 0 Å². The van der Waals surface area contributed by atoms with Gasteiger partial charge in [0.25, 0.3) is 0 Å². The quantitative estimate of drug-likeness (QED) is 0.661. The van der Waals surface area contributed by atoms with E-state index in [1.807, 2.05) is 6.92 Å². The Labute approximate surface area is 101 Å². The van der Waals surface area contributed by atoms with Crippen molar-refractivity contribution in [3.8, 4) is 11.4 Å². The van der Waals surface area contributed by atoms with Gasteiger partial charge in [-0.1, -0.05) is 0 Å². The minimum absolute atomic E-state index is 0.983. The van der Waals surface area contributed by atoms with E-state index in [4.69, 9.17) is 0 Å². The van der Waals surface area contributed by atoms with Crippen LogP contribution in [0.3, 0.4) is 0 Å². The van der Waals surface area contributed by atoms with Crippen LogP contribution in [-0.4, -0.2) is 14.4 Å². The van der Waals surface area contributed by atoms with Crippen LogP contribution in [0.5, 0.6) is 0 Å². The van der Waals surface area contributed by atoms with Gasteiger partial charge < -0.3 is 0 Å². The second kappa shape index (κ2) is 3.40. The Hall–Kier alpha value is -1.20. The van der Waals surface area contributed by atoms with Crippen molar-refractivity contribution in [1.29, 1.82) is 0 Å². The van der Waals surface area contributed by atoms with Gasteiger partial charge in [-0.05, 0) is 20.8 Å². The van der Waals surface area contributed by atoms with Crippen LogP contribution in [-0.2, 0) is 0 Å². The molecule has 3 rings (SSSR count). The van der Waals surface area contributed by atoms with E-state index in [0.717, 1.165) is 21.4 Å². The van der Waals surface area contributed by atoms with Crippen molar-refractivity contribution in [3.05, 3.63) is 27.2 Å². The van der Waals surface area contributed by atoms with Gasteiger partial charge in [0.15, 0.2) is 4.96 Å². The number of nitrogens with zero attached hydrogens (tertiary/aromatic N) is 3. The summed E-state index contributed by atoms with van der Waals surface area (Å²) in [5.74, 6) is 0. The average Bonchev–Trinajstić information content (AvgIpc) is 2.84. The van der Waals surface area contributed by atoms with E-state index in [9.17, 15) is 0 Å². The summed E-state index contributed by atoms with van der Waals surface area (Å²) in [6, 6.07) is 0. The summed E-state index contributed by atoms with van der Waals surface area (Å²) in [6.07, 6.45) is 2.07. The highest BCUT2D eigenvalue weighted by atomic mass is 32.1. The molecule has 0 saturated heterocycles. The van der Waals surface area contributed by atoms with Crippen LogP contribution in [0.25, 0.3) is 16.3 Å². The number of fused-ring (bicyclic) bond motifs is 1. The van der Waals surface area contributed by atoms with Crippen LogP contribution in [0.15, 0.2) is 11.6 Å². The molecule has 0 saturated carbocycles. The van der Waals surface area contributed by atoms with Crippen molar-refractivity contribution in [2.45, 2.75) is 20.8 Å². The van der Waals surface area contributed by atoms with Crippen LogP contribution < -0.4 is 0 Å². The molecule has 0 bridgehead atoms. The SMILES string of the molecule is Cc1nc(-c2cn3c(C)csc3n2)c(C)s1. The van der Waals surface area contributed by atoms with E-state index in [2.05, 4.69) is 39.8 Å². The summed E-state index contributed by atoms with van der Waals surface area (Å²) in [7, 11) is 0. The summed E-state index contributed by atoms with van der Waals surface area (Å²) >= 11 is 3.39. The van der Waals surface area contributed by atoms with Gasteiger partial charge in [0.05, 0.1) is 5.01 Å². The third kappa shape index (κ3) is 1.39. The highest BCUT2D eigenvalue weighted by molar-refractivity contribution is 7.15. The maximum atomic E-state index is 4.60. The van der Waals surface area contributed by atoms with Crippen LogP contribution in [0.4, 0.5) is 0 Å². The molecule has 0 radical (unpaired) electrons. The Balaban J connectivity index is 2.22. The molecule has 3 aromatic heterocycles. The molecule has 0 aliphatic carbocycles. The fraction of sp³-hybridized carbons (Fsp3) is 0.273. The van der Waals surface area contributed by atoms with E-state index in [1.54, 1.807) is 22.7 Å². The van der Waals surface area contributed by atoms with Crippen molar-refractivity contribution in [1.82, 2.24) is 14.4 Å². The largest absolute Gasteiger partial charge is 0.294 e. The van der Waals surface area contributed by atoms with Gasteiger partial charge >= 0.3 is 0 Å². The molecule has 82 valence electrons. The first kappa shape index (κ1) is 9.99. The third-order valence-corrected chi connectivity index (χ3v) is 4.38. The Bertz CT molecular complexity index is 660. The number of aryl methyl sites for hydroxylation is 3. The lowest BCUT2D eigenvalue weighted by Crippen LogP contribution is -1.81. The van der Waals surface area contributed by atoms with E-state index in [0.29, 0.717) is 0 Å². The maximum Gasteiger partial charge on any atom is 0.194 e. The molecular weight excluding hydrogens is 238 g/mol. The van der Waals surface area contributed by atoms with Crippen LogP contribution in [0, 0.1) is 20.8 Å². The van der Waals surface area contributed by atoms with E-state index >= 15 is 0 Å². The lowest BCUT2D eigenvalue weighted by Gasteiger charge is -1.90. The van der Waals surface area contributed by atoms with Gasteiger partial charge in [0.2, 0.25) is 0 Å². The van der Waals surface area contributed by atoms with Crippen LogP contribution >= 0.6 is 22.7 Å². The summed E-state index contributed by atoms with van der Waals surface area (Å²) in [6.45, 7) is 6.22. The Kier molecular flexibility index (Phi) is 2.12. The number of aromatic nitrogens is 3. The maximum absolute atomic E-state index is 4.60. The molecule has 16 heavy (non-hydrogen) atoms. The van der Waals surface area contributed by atoms with Gasteiger partial charge in [-0.3, -0.25) is 4.40 Å². The standard InChI is InChI=1S/C11H11N3S2/c1-6-5-15-11-13-9(4-14(6)11)10-7(2)16-8(3)12-10/h4-5H,1-3H3. The first-order chi connectivity index (χ1) is 7.65. The Morgan fingerprint density at radius 3 is 2.62 bits per heavy atom. The zero-order chi connectivity index (χ0) is 11.3. The number of thiazole rings is 2. The Morgan fingerprint density at radius 2 is 2.00 bits per heavy atom. The normalized spacial score (nSPS) is 11.4. The summed E-state index contributed by atoms with van der Waals surface area (Å²) in [5.41, 5.74) is 3.23. The lowest BCUT2D eigenvalue weighted by atomic mass is 10.3. The molecule has 0 spiro atoms. The molecule has 0 amide bonds. The molecule has 5 heteroatoms. The minimum Gasteiger partial charge on any atom is -0.294 e. The van der Waals surface area contributed by atoms with Gasteiger partial charge in [-0.15, -0.1) is 22.7 Å². The Morgan fingerprint density at radius 1 is 1.19 bits per heavy atom. The molecule has 0 aliphatic rings. The van der Waals surface area contributed by atoms with Crippen molar-refractivity contribution in [2.75, 3.05) is 0 Å². The molecular formula is C11H11N3S2. The fourth-order valence-corrected chi connectivity index (χ4v) is 3.45. The third-order valence-electron chi connectivity index (χ3n) is 2.53. The lowest BCUT2D eigenvalue weighted by molar-refractivity contribution is 1.13. The highest BCUT2D eigenvalue weighted by Gasteiger charge is 2.12. The van der Waals surface area contributed by atoms with Crippen molar-refractivity contribution in [2.24, 2.45) is 0 Å². The van der Waals surface area contributed by atoms with Crippen LogP contribution in [0.1, 0.15) is 15.6 Å². The molecule has 0 aliphatic heterocycles. The van der Waals surface area contributed by atoms with Gasteiger partial charge in [0, 0.05) is 22.1 Å². The van der Waals surface area contributed by atoms with E-state index in [1.165, 1.54) is 10.6 Å². The van der Waals surface area contributed by atoms with E-state index < -0.39 is 0 Å². The molecule has 3 heterocycles. The average molecular weight is 249 g/mol. The monoisotopic (exact) mass is 249 g/mol. The first-order valence-electron chi connectivity index (χ1n) is 5.03. The zero-order valence-electron chi connectivity index (χ0n) is 9.31. The van der Waals surface area contributed by atoms with Crippen LogP contribution in [0.2, 0.25) is 0 Å². The zero-order valence-corrected chi connectivity index (χ0v) is 10.9. The second-order valence-electron chi connectivity index (χ2n) is 3.79. The molecule has 0 N–H and O–H groups in total. The van der Waals surface area contributed by atoms with Crippen molar-refractivity contribution < 1.29 is 0 Å². The predicted octanol–water partition coefficient (Wildman–Crippen LogP) is 3.44. The smallest absolute Gasteiger partial charge is 0.194 e. The molecule has 3 aromatic rings. The number of rotatable bonds is 1. The summed E-state index contributed by atoms with van der Waals surface area (Å²) in [5, 5.41) is 3.21. The predicted molar refractivity (Wildman–Crippen MR) is 68.4 cm³/mol. The number of hydrogen-bond donors (Lipinski definition) is 0. The van der Waals surface area contributed by atoms with Gasteiger partial charge in [-0.25, -0.2) is 9.97 Å². The molecule has 3 nitrogen and oxygen atoms in total. The molecule has 0 aromatic carbocycles. The summed E-state index contributed by atoms with van der Waals surface area (Å²) in [4.78, 5) is 11.4. The van der Waals surface area contributed by atoms with E-state index in [-0.39, 0.29) is 0 Å². The number of imidazole rings is 1. The molecule has 0 atom stereocenters. The number of hydrogen-bond acceptors (Lipinski definition) is 4. The van der Waals surface area contributed by atoms with Gasteiger partial charge in [-0.2, -0.15) is 0 Å².